The fraction of sp³-hybridized carbons (Fsp3) is 0.545. The number of terminal acetylenes is 1. The summed E-state index contributed by atoms with van der Waals surface area (Å²) in [6.07, 6.45) is 9.36. The van der Waals surface area contributed by atoms with Crippen molar-refractivity contribution >= 4 is 0 Å². The average Bonchev–Trinajstić information content (AvgIpc) is 2.59. The summed E-state index contributed by atoms with van der Waals surface area (Å²) in [6.45, 7) is 4.93. The number of aromatic amines is 1. The van der Waals surface area contributed by atoms with Gasteiger partial charge in [-0.1, -0.05) is 19.3 Å². The summed E-state index contributed by atoms with van der Waals surface area (Å²) in [5.41, 5.74) is 2.28. The van der Waals surface area contributed by atoms with Crippen LogP contribution in [0.25, 0.3) is 0 Å². The van der Waals surface area contributed by atoms with E-state index in [1.54, 1.807) is 0 Å². The van der Waals surface area contributed by atoms with Gasteiger partial charge in [-0.2, -0.15) is 5.10 Å². The van der Waals surface area contributed by atoms with Crippen LogP contribution in [0, 0.1) is 19.3 Å². The van der Waals surface area contributed by atoms with Gasteiger partial charge < -0.3 is 0 Å². The molecule has 0 aliphatic heterocycles. The van der Waals surface area contributed by atoms with E-state index in [2.05, 4.69) is 28.4 Å². The third-order valence-corrected chi connectivity index (χ3v) is 2.25. The van der Waals surface area contributed by atoms with Gasteiger partial charge in [-0.05, 0) is 13.3 Å². The lowest BCUT2D eigenvalue weighted by molar-refractivity contribution is 0.562. The standard InChI is InChI=1S/C11H17N3/c1-4-6-11(5-2)12-7-10-8-13-14-9(10)3/h2,8,11-12H,4,6-7H2,1,3H3,(H,13,14). The molecule has 1 rings (SSSR count). The van der Waals surface area contributed by atoms with Crippen LogP contribution in [-0.2, 0) is 6.54 Å². The molecule has 2 N–H and O–H groups in total. The molecule has 0 aliphatic carbocycles. The second kappa shape index (κ2) is 5.46. The van der Waals surface area contributed by atoms with Crippen LogP contribution in [0.3, 0.4) is 0 Å². The lowest BCUT2D eigenvalue weighted by Crippen LogP contribution is -2.26. The topological polar surface area (TPSA) is 40.7 Å². The number of nitrogens with zero attached hydrogens (tertiary/aromatic N) is 1. The van der Waals surface area contributed by atoms with Crippen molar-refractivity contribution in [3.8, 4) is 12.3 Å². The predicted octanol–water partition coefficient (Wildman–Crippen LogP) is 1.61. The molecule has 76 valence electrons. The molecule has 3 nitrogen and oxygen atoms in total. The zero-order valence-electron chi connectivity index (χ0n) is 8.80. The Balaban J connectivity index is 2.40. The van der Waals surface area contributed by atoms with Crippen LogP contribution in [0.5, 0.6) is 0 Å². The molecular formula is C11H17N3. The Morgan fingerprint density at radius 2 is 2.50 bits per heavy atom. The van der Waals surface area contributed by atoms with Gasteiger partial charge in [0.1, 0.15) is 0 Å². The van der Waals surface area contributed by atoms with Crippen molar-refractivity contribution < 1.29 is 0 Å². The second-order valence-corrected chi connectivity index (χ2v) is 3.41. The van der Waals surface area contributed by atoms with Gasteiger partial charge in [0, 0.05) is 17.8 Å². The Labute approximate surface area is 85.3 Å². The maximum atomic E-state index is 5.40. The molecule has 1 heterocycles. The normalized spacial score (nSPS) is 12.4. The molecule has 0 saturated carbocycles. The Kier molecular flexibility index (Phi) is 4.21. The first-order valence-electron chi connectivity index (χ1n) is 4.96. The number of hydrogen-bond acceptors (Lipinski definition) is 2. The third kappa shape index (κ3) is 2.90. The van der Waals surface area contributed by atoms with Gasteiger partial charge in [-0.25, -0.2) is 0 Å². The van der Waals surface area contributed by atoms with Crippen molar-refractivity contribution in [2.24, 2.45) is 0 Å². The van der Waals surface area contributed by atoms with Gasteiger partial charge in [0.05, 0.1) is 12.2 Å². The number of nitrogens with one attached hydrogen (secondary N) is 2. The minimum absolute atomic E-state index is 0.175. The molecule has 0 saturated heterocycles. The second-order valence-electron chi connectivity index (χ2n) is 3.41. The first-order valence-corrected chi connectivity index (χ1v) is 4.96. The monoisotopic (exact) mass is 191 g/mol. The molecule has 0 bridgehead atoms. The van der Waals surface area contributed by atoms with Gasteiger partial charge in [0.25, 0.3) is 0 Å². The first-order chi connectivity index (χ1) is 6.77. The number of aromatic nitrogens is 2. The first kappa shape index (κ1) is 10.8. The molecule has 0 aromatic carbocycles. The lowest BCUT2D eigenvalue weighted by atomic mass is 10.1. The third-order valence-electron chi connectivity index (χ3n) is 2.25. The molecule has 0 aliphatic rings. The van der Waals surface area contributed by atoms with Gasteiger partial charge in [0.15, 0.2) is 0 Å². The van der Waals surface area contributed by atoms with Gasteiger partial charge >= 0.3 is 0 Å². The fourth-order valence-corrected chi connectivity index (χ4v) is 1.32. The molecule has 0 radical (unpaired) electrons. The van der Waals surface area contributed by atoms with Crippen LogP contribution in [0.4, 0.5) is 0 Å². The quantitative estimate of drug-likeness (QED) is 0.694. The van der Waals surface area contributed by atoms with Gasteiger partial charge in [0.2, 0.25) is 0 Å². The smallest absolute Gasteiger partial charge is 0.0689 e. The van der Waals surface area contributed by atoms with E-state index >= 15 is 0 Å². The molecule has 1 aromatic rings. The Hall–Kier alpha value is -1.27. The van der Waals surface area contributed by atoms with E-state index in [-0.39, 0.29) is 6.04 Å². The minimum Gasteiger partial charge on any atom is -0.299 e. The molecule has 3 heteroatoms. The SMILES string of the molecule is C#CC(CCC)NCc1cn[nH]c1C. The Bertz CT molecular complexity index is 309. The van der Waals surface area contributed by atoms with E-state index in [1.165, 1.54) is 5.56 Å². The zero-order chi connectivity index (χ0) is 10.4. The molecule has 1 unspecified atom stereocenters. The number of rotatable bonds is 5. The van der Waals surface area contributed by atoms with Crippen LogP contribution in [0.1, 0.15) is 31.0 Å². The fourth-order valence-electron chi connectivity index (χ4n) is 1.32. The maximum absolute atomic E-state index is 5.40. The van der Waals surface area contributed by atoms with Crippen LogP contribution in [-0.4, -0.2) is 16.2 Å². The van der Waals surface area contributed by atoms with Crippen molar-refractivity contribution in [3.63, 3.8) is 0 Å². The highest BCUT2D eigenvalue weighted by Gasteiger charge is 2.04. The van der Waals surface area contributed by atoms with E-state index in [1.807, 2.05) is 13.1 Å². The van der Waals surface area contributed by atoms with E-state index in [4.69, 9.17) is 6.42 Å². The molecule has 0 spiro atoms. The zero-order valence-corrected chi connectivity index (χ0v) is 8.80. The van der Waals surface area contributed by atoms with E-state index in [0.29, 0.717) is 0 Å². The van der Waals surface area contributed by atoms with Crippen molar-refractivity contribution in [2.45, 2.75) is 39.3 Å². The molecule has 0 fully saturated rings. The predicted molar refractivity (Wildman–Crippen MR) is 57.7 cm³/mol. The van der Waals surface area contributed by atoms with Crippen molar-refractivity contribution in [1.82, 2.24) is 15.5 Å². The van der Waals surface area contributed by atoms with Gasteiger partial charge in [-0.15, -0.1) is 6.42 Å². The highest BCUT2D eigenvalue weighted by Crippen LogP contribution is 2.03. The molecule has 1 aromatic heterocycles. The highest BCUT2D eigenvalue weighted by atomic mass is 15.1. The summed E-state index contributed by atoms with van der Waals surface area (Å²) in [5.74, 6) is 2.74. The molecule has 1 atom stereocenters. The summed E-state index contributed by atoms with van der Waals surface area (Å²) in [5, 5.41) is 10.2. The van der Waals surface area contributed by atoms with Crippen LogP contribution < -0.4 is 5.32 Å². The van der Waals surface area contributed by atoms with Crippen LogP contribution in [0.2, 0.25) is 0 Å². The molecule has 0 amide bonds. The Morgan fingerprint density at radius 1 is 1.71 bits per heavy atom. The highest BCUT2D eigenvalue weighted by molar-refractivity contribution is 5.14. The largest absolute Gasteiger partial charge is 0.299 e. The summed E-state index contributed by atoms with van der Waals surface area (Å²) in [4.78, 5) is 0. The number of aryl methyl sites for hydroxylation is 1. The van der Waals surface area contributed by atoms with Crippen LogP contribution >= 0.6 is 0 Å². The van der Waals surface area contributed by atoms with Crippen molar-refractivity contribution in [2.75, 3.05) is 0 Å². The average molecular weight is 191 g/mol. The summed E-state index contributed by atoms with van der Waals surface area (Å²) in [7, 11) is 0. The maximum Gasteiger partial charge on any atom is 0.0689 e. The molecule has 14 heavy (non-hydrogen) atoms. The van der Waals surface area contributed by atoms with E-state index in [9.17, 15) is 0 Å². The Morgan fingerprint density at radius 3 is 3.00 bits per heavy atom. The number of hydrogen-bond donors (Lipinski definition) is 2. The summed E-state index contributed by atoms with van der Waals surface area (Å²) in [6, 6.07) is 0.175. The summed E-state index contributed by atoms with van der Waals surface area (Å²) >= 11 is 0. The van der Waals surface area contributed by atoms with E-state index < -0.39 is 0 Å². The van der Waals surface area contributed by atoms with Crippen molar-refractivity contribution in [3.05, 3.63) is 17.5 Å². The van der Waals surface area contributed by atoms with E-state index in [0.717, 1.165) is 25.1 Å². The van der Waals surface area contributed by atoms with Crippen molar-refractivity contribution in [1.29, 1.82) is 0 Å². The summed E-state index contributed by atoms with van der Waals surface area (Å²) < 4.78 is 0. The molecular weight excluding hydrogens is 174 g/mol. The van der Waals surface area contributed by atoms with Crippen LogP contribution in [0.15, 0.2) is 6.20 Å². The lowest BCUT2D eigenvalue weighted by Gasteiger charge is -2.10. The number of H-pyrrole nitrogens is 1. The van der Waals surface area contributed by atoms with Gasteiger partial charge in [-0.3, -0.25) is 10.4 Å². The minimum atomic E-state index is 0.175.